The van der Waals surface area contributed by atoms with Gasteiger partial charge in [0.15, 0.2) is 0 Å². The van der Waals surface area contributed by atoms with Crippen LogP contribution in [0.15, 0.2) is 23.1 Å². The second-order valence-electron chi connectivity index (χ2n) is 3.76. The lowest BCUT2D eigenvalue weighted by atomic mass is 10.0. The highest BCUT2D eigenvalue weighted by molar-refractivity contribution is 5.40. The first-order valence-electron chi connectivity index (χ1n) is 5.08. The smallest absolute Gasteiger partial charge is 0.248 e. The molecule has 0 spiro atoms. The molecule has 0 aliphatic carbocycles. The molecule has 1 heterocycles. The molecule has 0 saturated heterocycles. The van der Waals surface area contributed by atoms with Crippen molar-refractivity contribution < 1.29 is 0 Å². The van der Waals surface area contributed by atoms with Gasteiger partial charge in [-0.15, -0.1) is 0 Å². The Morgan fingerprint density at radius 3 is 2.64 bits per heavy atom. The average Bonchev–Trinajstić information content (AvgIpc) is 2.20. The third-order valence-electron chi connectivity index (χ3n) is 2.68. The lowest BCUT2D eigenvalue weighted by molar-refractivity contribution is 0.494. The maximum atomic E-state index is 10.8. The summed E-state index contributed by atoms with van der Waals surface area (Å²) in [7, 11) is 0. The molecule has 0 bridgehead atoms. The van der Waals surface area contributed by atoms with Crippen LogP contribution in [0.5, 0.6) is 0 Å². The zero-order valence-corrected chi connectivity index (χ0v) is 9.00. The van der Waals surface area contributed by atoms with Gasteiger partial charge in [0.25, 0.3) is 0 Å². The first-order valence-corrected chi connectivity index (χ1v) is 5.08. The van der Waals surface area contributed by atoms with Crippen LogP contribution in [-0.4, -0.2) is 11.0 Å². The molecule has 1 aromatic rings. The van der Waals surface area contributed by atoms with Crippen LogP contribution >= 0.6 is 0 Å². The zero-order valence-electron chi connectivity index (χ0n) is 9.00. The number of rotatable bonds is 4. The van der Waals surface area contributed by atoms with Crippen LogP contribution in [0.3, 0.4) is 0 Å². The van der Waals surface area contributed by atoms with E-state index in [4.69, 9.17) is 0 Å². The van der Waals surface area contributed by atoms with Gasteiger partial charge >= 0.3 is 0 Å². The molecule has 2 unspecified atom stereocenters. The van der Waals surface area contributed by atoms with E-state index in [2.05, 4.69) is 31.1 Å². The maximum absolute atomic E-state index is 10.8. The molecule has 2 atom stereocenters. The largest absolute Gasteiger partial charge is 0.381 e. The monoisotopic (exact) mass is 194 g/mol. The van der Waals surface area contributed by atoms with E-state index in [1.54, 1.807) is 12.3 Å². The Bertz CT molecular complexity index is 312. The predicted octanol–water partition coefficient (Wildman–Crippen LogP) is 2.22. The van der Waals surface area contributed by atoms with Crippen molar-refractivity contribution >= 4 is 5.69 Å². The highest BCUT2D eigenvalue weighted by atomic mass is 16.1. The lowest BCUT2D eigenvalue weighted by Gasteiger charge is -2.20. The minimum atomic E-state index is -0.0632. The van der Waals surface area contributed by atoms with E-state index in [0.717, 1.165) is 12.1 Å². The molecular formula is C11H18N2O. The van der Waals surface area contributed by atoms with Gasteiger partial charge in [0.1, 0.15) is 0 Å². The third kappa shape index (κ3) is 2.91. The van der Waals surface area contributed by atoms with E-state index in [-0.39, 0.29) is 5.56 Å². The molecule has 0 aromatic carbocycles. The van der Waals surface area contributed by atoms with Crippen molar-refractivity contribution in [2.24, 2.45) is 5.92 Å². The number of aromatic amines is 1. The van der Waals surface area contributed by atoms with E-state index >= 15 is 0 Å². The molecule has 14 heavy (non-hydrogen) atoms. The summed E-state index contributed by atoms with van der Waals surface area (Å²) in [5.74, 6) is 0.627. The quantitative estimate of drug-likeness (QED) is 0.772. The molecule has 3 nitrogen and oxygen atoms in total. The zero-order chi connectivity index (χ0) is 10.6. The highest BCUT2D eigenvalue weighted by Crippen LogP contribution is 2.12. The van der Waals surface area contributed by atoms with Crippen molar-refractivity contribution in [2.75, 3.05) is 5.32 Å². The van der Waals surface area contributed by atoms with Gasteiger partial charge < -0.3 is 10.3 Å². The first kappa shape index (κ1) is 10.8. The fourth-order valence-corrected chi connectivity index (χ4v) is 1.26. The summed E-state index contributed by atoms with van der Waals surface area (Å²) in [5, 5.41) is 3.35. The average molecular weight is 194 g/mol. The second-order valence-corrected chi connectivity index (χ2v) is 3.76. The third-order valence-corrected chi connectivity index (χ3v) is 2.68. The fourth-order valence-electron chi connectivity index (χ4n) is 1.26. The summed E-state index contributed by atoms with van der Waals surface area (Å²) in [4.78, 5) is 13.5. The molecule has 0 radical (unpaired) electrons. The molecule has 0 saturated carbocycles. The van der Waals surface area contributed by atoms with Gasteiger partial charge in [-0.05, 0) is 18.9 Å². The van der Waals surface area contributed by atoms with Crippen LogP contribution in [0.2, 0.25) is 0 Å². The van der Waals surface area contributed by atoms with Crippen molar-refractivity contribution in [3.63, 3.8) is 0 Å². The number of anilines is 1. The first-order chi connectivity index (χ1) is 6.63. The number of nitrogens with one attached hydrogen (secondary N) is 2. The molecular weight excluding hydrogens is 176 g/mol. The molecule has 3 heteroatoms. The lowest BCUT2D eigenvalue weighted by Crippen LogP contribution is -2.23. The molecule has 1 rings (SSSR count). The van der Waals surface area contributed by atoms with Crippen molar-refractivity contribution in [1.29, 1.82) is 0 Å². The number of hydrogen-bond acceptors (Lipinski definition) is 2. The van der Waals surface area contributed by atoms with Crippen LogP contribution in [0.4, 0.5) is 5.69 Å². The van der Waals surface area contributed by atoms with E-state index in [1.165, 1.54) is 6.07 Å². The summed E-state index contributed by atoms with van der Waals surface area (Å²) >= 11 is 0. The van der Waals surface area contributed by atoms with Gasteiger partial charge in [-0.3, -0.25) is 4.79 Å². The van der Waals surface area contributed by atoms with Crippen LogP contribution in [-0.2, 0) is 0 Å². The minimum Gasteiger partial charge on any atom is -0.381 e. The normalized spacial score (nSPS) is 14.8. The van der Waals surface area contributed by atoms with Crippen LogP contribution in [0.1, 0.15) is 27.2 Å². The highest BCUT2D eigenvalue weighted by Gasteiger charge is 2.09. The van der Waals surface area contributed by atoms with Crippen molar-refractivity contribution in [3.8, 4) is 0 Å². The number of pyridine rings is 1. The molecule has 0 amide bonds. The standard InChI is InChI=1S/C11H18N2O/c1-4-8(2)9(3)13-10-5-6-11(14)12-7-10/h5-9,13H,4H2,1-3H3,(H,12,14). The SMILES string of the molecule is CCC(C)C(C)Nc1ccc(=O)[nH]c1. The van der Waals surface area contributed by atoms with E-state index < -0.39 is 0 Å². The predicted molar refractivity (Wildman–Crippen MR) is 59.6 cm³/mol. The Labute approximate surface area is 84.6 Å². The number of H-pyrrole nitrogens is 1. The fraction of sp³-hybridized carbons (Fsp3) is 0.545. The Kier molecular flexibility index (Phi) is 3.74. The maximum Gasteiger partial charge on any atom is 0.248 e. The minimum absolute atomic E-state index is 0.0632. The summed E-state index contributed by atoms with van der Waals surface area (Å²) < 4.78 is 0. The molecule has 1 aromatic heterocycles. The van der Waals surface area contributed by atoms with E-state index in [9.17, 15) is 4.79 Å². The topological polar surface area (TPSA) is 44.9 Å². The summed E-state index contributed by atoms with van der Waals surface area (Å²) in [6, 6.07) is 3.76. The number of aromatic nitrogens is 1. The number of hydrogen-bond donors (Lipinski definition) is 2. The Morgan fingerprint density at radius 1 is 1.43 bits per heavy atom. The van der Waals surface area contributed by atoms with Crippen molar-refractivity contribution in [3.05, 3.63) is 28.7 Å². The molecule has 0 aliphatic heterocycles. The van der Waals surface area contributed by atoms with Crippen molar-refractivity contribution in [1.82, 2.24) is 4.98 Å². The molecule has 78 valence electrons. The van der Waals surface area contributed by atoms with Crippen molar-refractivity contribution in [2.45, 2.75) is 33.2 Å². The van der Waals surface area contributed by atoms with Gasteiger partial charge in [0.05, 0.1) is 5.69 Å². The summed E-state index contributed by atoms with van der Waals surface area (Å²) in [6.07, 6.45) is 2.86. The van der Waals surface area contributed by atoms with Gasteiger partial charge in [-0.1, -0.05) is 20.3 Å². The van der Waals surface area contributed by atoms with Gasteiger partial charge in [0, 0.05) is 18.3 Å². The van der Waals surface area contributed by atoms with E-state index in [1.807, 2.05) is 0 Å². The van der Waals surface area contributed by atoms with Gasteiger partial charge in [-0.2, -0.15) is 0 Å². The van der Waals surface area contributed by atoms with Crippen LogP contribution in [0, 0.1) is 5.92 Å². The van der Waals surface area contributed by atoms with Crippen LogP contribution < -0.4 is 10.9 Å². The summed E-state index contributed by atoms with van der Waals surface area (Å²) in [6.45, 7) is 6.54. The van der Waals surface area contributed by atoms with Crippen LogP contribution in [0.25, 0.3) is 0 Å². The van der Waals surface area contributed by atoms with Gasteiger partial charge in [-0.25, -0.2) is 0 Å². The Morgan fingerprint density at radius 2 is 2.14 bits per heavy atom. The molecule has 2 N–H and O–H groups in total. The summed E-state index contributed by atoms with van der Waals surface area (Å²) in [5.41, 5.74) is 0.907. The van der Waals surface area contributed by atoms with Gasteiger partial charge in [0.2, 0.25) is 5.56 Å². The second kappa shape index (κ2) is 4.84. The molecule has 0 aliphatic rings. The Hall–Kier alpha value is -1.25. The Balaban J connectivity index is 2.60. The van der Waals surface area contributed by atoms with E-state index in [0.29, 0.717) is 12.0 Å². The molecule has 0 fully saturated rings.